The Kier molecular flexibility index (Phi) is 12.1. The van der Waals surface area contributed by atoms with E-state index >= 15 is 0 Å². The Labute approximate surface area is 231 Å². The van der Waals surface area contributed by atoms with Gasteiger partial charge in [0.2, 0.25) is 17.7 Å². The van der Waals surface area contributed by atoms with E-state index in [1.807, 2.05) is 58.0 Å². The van der Waals surface area contributed by atoms with Crippen molar-refractivity contribution in [3.63, 3.8) is 0 Å². The van der Waals surface area contributed by atoms with Crippen molar-refractivity contribution in [2.45, 2.75) is 103 Å². The first-order valence-electron chi connectivity index (χ1n) is 13.7. The number of nitrogens with one attached hydrogen (secondary N) is 3. The molecule has 5 N–H and O–H groups in total. The van der Waals surface area contributed by atoms with E-state index in [-0.39, 0.29) is 37.1 Å². The number of Topliss-reactive ketones (excluding diaryl/α,β-unsaturated/α-hetero) is 1. The number of carbonyl (C=O) groups excluding carboxylic acids is 4. The predicted octanol–water partition coefficient (Wildman–Crippen LogP) is 1.27. The summed E-state index contributed by atoms with van der Waals surface area (Å²) in [7, 11) is 0. The molecule has 1 heterocycles. The predicted molar refractivity (Wildman–Crippen MR) is 147 cm³/mol. The van der Waals surface area contributed by atoms with Crippen LogP contribution in [0.2, 0.25) is 0 Å². The van der Waals surface area contributed by atoms with Gasteiger partial charge in [-0.05, 0) is 56.9 Å². The van der Waals surface area contributed by atoms with E-state index in [2.05, 4.69) is 16.0 Å². The summed E-state index contributed by atoms with van der Waals surface area (Å²) in [6.07, 6.45) is -1.31. The average molecular weight is 548 g/mol. The van der Waals surface area contributed by atoms with Crippen molar-refractivity contribution in [1.82, 2.24) is 16.0 Å². The second-order valence-electron chi connectivity index (χ2n) is 11.5. The number of amides is 3. The summed E-state index contributed by atoms with van der Waals surface area (Å²) in [5.74, 6) is -2.22. The molecular weight excluding hydrogens is 502 g/mol. The molecule has 1 fully saturated rings. The molecule has 218 valence electrons. The normalized spacial score (nSPS) is 20.5. The molecule has 0 bridgehead atoms. The number of carbonyl (C=O) groups is 4. The summed E-state index contributed by atoms with van der Waals surface area (Å²) in [6.45, 7) is 10.9. The van der Waals surface area contributed by atoms with Crippen LogP contribution in [0, 0.1) is 11.8 Å². The van der Waals surface area contributed by atoms with E-state index in [9.17, 15) is 29.4 Å². The van der Waals surface area contributed by atoms with Crippen LogP contribution in [-0.4, -0.2) is 76.3 Å². The molecule has 3 amide bonds. The Morgan fingerprint density at radius 2 is 1.38 bits per heavy atom. The molecule has 10 heteroatoms. The SMILES string of the molecule is CC(C)CC(NC(=O)[C@@H](O)CCc1ccccc1)C(=O)NC(C(=O)NC(CC(C)C)C(=O)[C@@]1(C)CO1)[C@H](C)O. The maximum atomic E-state index is 13.2. The molecule has 1 saturated heterocycles. The minimum Gasteiger partial charge on any atom is -0.391 e. The number of benzene rings is 1. The van der Waals surface area contributed by atoms with E-state index in [1.54, 1.807) is 6.92 Å². The number of aliphatic hydroxyl groups excluding tert-OH is 2. The lowest BCUT2D eigenvalue weighted by molar-refractivity contribution is -0.137. The van der Waals surface area contributed by atoms with Crippen LogP contribution in [0.4, 0.5) is 0 Å². The lowest BCUT2D eigenvalue weighted by atomic mass is 9.93. The van der Waals surface area contributed by atoms with E-state index in [0.29, 0.717) is 12.8 Å². The Morgan fingerprint density at radius 1 is 0.846 bits per heavy atom. The van der Waals surface area contributed by atoms with Gasteiger partial charge < -0.3 is 30.9 Å². The molecule has 10 nitrogen and oxygen atoms in total. The first-order chi connectivity index (χ1) is 18.2. The quantitative estimate of drug-likeness (QED) is 0.195. The molecule has 6 atom stereocenters. The Balaban J connectivity index is 2.07. The van der Waals surface area contributed by atoms with E-state index < -0.39 is 53.7 Å². The van der Waals surface area contributed by atoms with Gasteiger partial charge in [-0.1, -0.05) is 58.0 Å². The number of aryl methyl sites for hydroxylation is 1. The van der Waals surface area contributed by atoms with Crippen LogP contribution in [0.5, 0.6) is 0 Å². The molecule has 1 aliphatic heterocycles. The molecule has 1 aromatic carbocycles. The number of hydrogen-bond acceptors (Lipinski definition) is 7. The Hall–Kier alpha value is -2.82. The molecule has 0 aromatic heterocycles. The molecular formula is C29H45N3O7. The summed E-state index contributed by atoms with van der Waals surface area (Å²) in [6, 6.07) is 6.20. The first kappa shape index (κ1) is 32.4. The van der Waals surface area contributed by atoms with Crippen molar-refractivity contribution in [2.75, 3.05) is 6.61 Å². The molecule has 1 aromatic rings. The second-order valence-corrected chi connectivity index (χ2v) is 11.5. The highest BCUT2D eigenvalue weighted by atomic mass is 16.6. The van der Waals surface area contributed by atoms with Crippen LogP contribution >= 0.6 is 0 Å². The smallest absolute Gasteiger partial charge is 0.249 e. The van der Waals surface area contributed by atoms with Crippen LogP contribution in [0.15, 0.2) is 30.3 Å². The Morgan fingerprint density at radius 3 is 1.90 bits per heavy atom. The monoisotopic (exact) mass is 547 g/mol. The highest BCUT2D eigenvalue weighted by molar-refractivity contribution is 5.98. The molecule has 0 radical (unpaired) electrons. The minimum absolute atomic E-state index is 0.00803. The minimum atomic E-state index is -1.36. The number of ether oxygens (including phenoxy) is 1. The van der Waals surface area contributed by atoms with Gasteiger partial charge in [-0.15, -0.1) is 0 Å². The standard InChI is InChI=1S/C29H45N3O7/c1-17(2)14-21(25(35)29(6)16-39-29)30-28(38)24(19(5)33)32-26(36)22(15-18(3)4)31-27(37)23(34)13-12-20-10-8-7-9-11-20/h7-11,17-19,21-24,33-34H,12-16H2,1-6H3,(H,30,38)(H,31,37)(H,32,36)/t19-,21?,22?,23-,24?,29+/m0/s1. The van der Waals surface area contributed by atoms with E-state index in [4.69, 9.17) is 4.74 Å². The van der Waals surface area contributed by atoms with Gasteiger partial charge in [-0.3, -0.25) is 19.2 Å². The van der Waals surface area contributed by atoms with Gasteiger partial charge in [-0.25, -0.2) is 0 Å². The fourth-order valence-electron chi connectivity index (χ4n) is 4.29. The largest absolute Gasteiger partial charge is 0.391 e. The number of epoxide rings is 1. The Bertz CT molecular complexity index is 976. The van der Waals surface area contributed by atoms with Gasteiger partial charge in [0.1, 0.15) is 23.8 Å². The summed E-state index contributed by atoms with van der Waals surface area (Å²) in [4.78, 5) is 52.0. The zero-order valence-electron chi connectivity index (χ0n) is 23.9. The summed E-state index contributed by atoms with van der Waals surface area (Å²) in [5, 5.41) is 28.6. The highest BCUT2D eigenvalue weighted by Crippen LogP contribution is 2.29. The summed E-state index contributed by atoms with van der Waals surface area (Å²) >= 11 is 0. The average Bonchev–Trinajstić information content (AvgIpc) is 3.62. The van der Waals surface area contributed by atoms with Crippen molar-refractivity contribution >= 4 is 23.5 Å². The van der Waals surface area contributed by atoms with E-state index in [1.165, 1.54) is 6.92 Å². The van der Waals surface area contributed by atoms with Gasteiger partial charge in [0.05, 0.1) is 18.8 Å². The van der Waals surface area contributed by atoms with Crippen LogP contribution in [0.1, 0.15) is 66.4 Å². The number of aliphatic hydroxyl groups is 2. The maximum absolute atomic E-state index is 13.2. The molecule has 39 heavy (non-hydrogen) atoms. The summed E-state index contributed by atoms with van der Waals surface area (Å²) < 4.78 is 5.26. The van der Waals surface area contributed by atoms with Crippen molar-refractivity contribution in [3.8, 4) is 0 Å². The molecule has 0 spiro atoms. The third-order valence-electron chi connectivity index (χ3n) is 6.69. The van der Waals surface area contributed by atoms with Gasteiger partial charge in [0.25, 0.3) is 0 Å². The third-order valence-corrected chi connectivity index (χ3v) is 6.69. The zero-order chi connectivity index (χ0) is 29.3. The van der Waals surface area contributed by atoms with Crippen LogP contribution in [0.3, 0.4) is 0 Å². The fourth-order valence-corrected chi connectivity index (χ4v) is 4.29. The zero-order valence-corrected chi connectivity index (χ0v) is 23.9. The topological polar surface area (TPSA) is 157 Å². The van der Waals surface area contributed by atoms with Gasteiger partial charge in [0, 0.05) is 0 Å². The second kappa shape index (κ2) is 14.5. The van der Waals surface area contributed by atoms with Gasteiger partial charge in [-0.2, -0.15) is 0 Å². The maximum Gasteiger partial charge on any atom is 0.249 e. The van der Waals surface area contributed by atoms with Gasteiger partial charge >= 0.3 is 0 Å². The summed E-state index contributed by atoms with van der Waals surface area (Å²) in [5.41, 5.74) is 0.0350. The molecule has 1 aliphatic rings. The van der Waals surface area contributed by atoms with Gasteiger partial charge in [0.15, 0.2) is 5.78 Å². The van der Waals surface area contributed by atoms with Crippen molar-refractivity contribution in [3.05, 3.63) is 35.9 Å². The van der Waals surface area contributed by atoms with Crippen molar-refractivity contribution in [2.24, 2.45) is 11.8 Å². The highest BCUT2D eigenvalue weighted by Gasteiger charge is 2.50. The van der Waals surface area contributed by atoms with Crippen LogP contribution < -0.4 is 16.0 Å². The third kappa shape index (κ3) is 10.3. The number of ketones is 1. The molecule has 2 rings (SSSR count). The van der Waals surface area contributed by atoms with Crippen molar-refractivity contribution < 1.29 is 34.1 Å². The van der Waals surface area contributed by atoms with Crippen LogP contribution in [0.25, 0.3) is 0 Å². The van der Waals surface area contributed by atoms with Crippen LogP contribution in [-0.2, 0) is 30.3 Å². The molecule has 0 aliphatic carbocycles. The lowest BCUT2D eigenvalue weighted by Crippen LogP contribution is -2.60. The van der Waals surface area contributed by atoms with Crippen molar-refractivity contribution in [1.29, 1.82) is 0 Å². The molecule has 0 saturated carbocycles. The number of rotatable bonds is 16. The number of hydrogen-bond donors (Lipinski definition) is 5. The molecule has 3 unspecified atom stereocenters. The lowest BCUT2D eigenvalue weighted by Gasteiger charge is -2.28. The first-order valence-corrected chi connectivity index (χ1v) is 13.7. The fraction of sp³-hybridized carbons (Fsp3) is 0.655. The van der Waals surface area contributed by atoms with E-state index in [0.717, 1.165) is 5.56 Å².